The van der Waals surface area contributed by atoms with Gasteiger partial charge in [-0.2, -0.15) is 0 Å². The van der Waals surface area contributed by atoms with Crippen LogP contribution in [0, 0.1) is 6.92 Å². The van der Waals surface area contributed by atoms with E-state index in [4.69, 9.17) is 10.2 Å². The fraction of sp³-hybridized carbons (Fsp3) is 0.286. The molecule has 0 aliphatic carbocycles. The maximum atomic E-state index is 12.2. The van der Waals surface area contributed by atoms with E-state index in [2.05, 4.69) is 4.72 Å². The zero-order chi connectivity index (χ0) is 14.6. The smallest absolute Gasteiger partial charge is 0.244 e. The standard InChI is InChI=1S/C14H18N2O3S/c1-11-14(9-13(10-15)19-11)20(17,18)16-8-7-12-5-3-2-4-6-12/h2-6,9,16H,7-8,10,15H2,1H3. The van der Waals surface area contributed by atoms with Gasteiger partial charge in [-0.1, -0.05) is 30.3 Å². The Bertz CT molecular complexity index is 663. The van der Waals surface area contributed by atoms with Gasteiger partial charge in [0.25, 0.3) is 0 Å². The third-order valence-corrected chi connectivity index (χ3v) is 4.53. The average Bonchev–Trinajstić information content (AvgIpc) is 2.82. The van der Waals surface area contributed by atoms with Gasteiger partial charge in [-0.15, -0.1) is 0 Å². The van der Waals surface area contributed by atoms with Gasteiger partial charge in [0.2, 0.25) is 10.0 Å². The lowest BCUT2D eigenvalue weighted by molar-refractivity contribution is 0.478. The zero-order valence-electron chi connectivity index (χ0n) is 11.3. The van der Waals surface area contributed by atoms with Gasteiger partial charge in [0, 0.05) is 12.6 Å². The van der Waals surface area contributed by atoms with Crippen LogP contribution in [0.4, 0.5) is 0 Å². The van der Waals surface area contributed by atoms with E-state index in [9.17, 15) is 8.42 Å². The molecule has 2 aromatic rings. The minimum Gasteiger partial charge on any atom is -0.464 e. The van der Waals surface area contributed by atoms with Crippen LogP contribution in [0.25, 0.3) is 0 Å². The van der Waals surface area contributed by atoms with Crippen molar-refractivity contribution in [2.45, 2.75) is 24.8 Å². The summed E-state index contributed by atoms with van der Waals surface area (Å²) in [6, 6.07) is 11.2. The van der Waals surface area contributed by atoms with Gasteiger partial charge in [-0.3, -0.25) is 0 Å². The van der Waals surface area contributed by atoms with Crippen LogP contribution >= 0.6 is 0 Å². The first-order valence-electron chi connectivity index (χ1n) is 6.36. The molecular formula is C14H18N2O3S. The third-order valence-electron chi connectivity index (χ3n) is 2.96. The van der Waals surface area contributed by atoms with E-state index in [0.717, 1.165) is 5.56 Å². The molecule has 0 saturated heterocycles. The van der Waals surface area contributed by atoms with Gasteiger partial charge in [-0.25, -0.2) is 13.1 Å². The summed E-state index contributed by atoms with van der Waals surface area (Å²) in [7, 11) is -3.55. The van der Waals surface area contributed by atoms with E-state index in [1.807, 2.05) is 30.3 Å². The molecule has 0 atom stereocenters. The monoisotopic (exact) mass is 294 g/mol. The first-order chi connectivity index (χ1) is 9.53. The number of hydrogen-bond acceptors (Lipinski definition) is 4. The Labute approximate surface area is 118 Å². The lowest BCUT2D eigenvalue weighted by Crippen LogP contribution is -2.26. The molecule has 0 fully saturated rings. The Balaban J connectivity index is 2.02. The Morgan fingerprint density at radius 2 is 1.95 bits per heavy atom. The molecule has 1 aromatic carbocycles. The molecule has 6 heteroatoms. The Kier molecular flexibility index (Phi) is 4.59. The second-order valence-corrected chi connectivity index (χ2v) is 6.21. The third kappa shape index (κ3) is 3.47. The SMILES string of the molecule is Cc1oc(CN)cc1S(=O)(=O)NCCc1ccccc1. The molecule has 1 aromatic heterocycles. The molecule has 2 rings (SSSR count). The van der Waals surface area contributed by atoms with Crippen molar-refractivity contribution in [3.8, 4) is 0 Å². The number of rotatable bonds is 6. The van der Waals surface area contributed by atoms with Crippen molar-refractivity contribution in [3.05, 3.63) is 53.5 Å². The average molecular weight is 294 g/mol. The summed E-state index contributed by atoms with van der Waals surface area (Å²) in [6.45, 7) is 2.14. The van der Waals surface area contributed by atoms with Gasteiger partial charge in [0.05, 0.1) is 6.54 Å². The lowest BCUT2D eigenvalue weighted by atomic mass is 10.2. The van der Waals surface area contributed by atoms with E-state index in [1.165, 1.54) is 6.07 Å². The highest BCUT2D eigenvalue weighted by atomic mass is 32.2. The minimum atomic E-state index is -3.55. The van der Waals surface area contributed by atoms with Gasteiger partial charge in [0.1, 0.15) is 16.4 Å². The number of sulfonamides is 1. The number of benzene rings is 1. The molecule has 0 bridgehead atoms. The van der Waals surface area contributed by atoms with Crippen molar-refractivity contribution in [3.63, 3.8) is 0 Å². The van der Waals surface area contributed by atoms with Crippen molar-refractivity contribution < 1.29 is 12.8 Å². The van der Waals surface area contributed by atoms with Crippen LogP contribution in [0.15, 0.2) is 45.7 Å². The quantitative estimate of drug-likeness (QED) is 0.847. The molecule has 0 saturated carbocycles. The fourth-order valence-corrected chi connectivity index (χ4v) is 3.18. The molecule has 0 radical (unpaired) electrons. The second-order valence-electron chi connectivity index (χ2n) is 4.47. The maximum Gasteiger partial charge on any atom is 0.244 e. The molecule has 0 aliphatic heterocycles. The molecule has 1 heterocycles. The molecule has 0 amide bonds. The number of hydrogen-bond donors (Lipinski definition) is 2. The Morgan fingerprint density at radius 3 is 2.55 bits per heavy atom. The van der Waals surface area contributed by atoms with Crippen molar-refractivity contribution >= 4 is 10.0 Å². The molecule has 20 heavy (non-hydrogen) atoms. The molecule has 5 nitrogen and oxygen atoms in total. The molecule has 3 N–H and O–H groups in total. The van der Waals surface area contributed by atoms with E-state index >= 15 is 0 Å². The van der Waals surface area contributed by atoms with Gasteiger partial charge < -0.3 is 10.2 Å². The van der Waals surface area contributed by atoms with Crippen LogP contribution in [-0.4, -0.2) is 15.0 Å². The van der Waals surface area contributed by atoms with E-state index in [0.29, 0.717) is 24.5 Å². The number of furan rings is 1. The predicted molar refractivity (Wildman–Crippen MR) is 76.7 cm³/mol. The van der Waals surface area contributed by atoms with Gasteiger partial charge in [-0.05, 0) is 18.9 Å². The van der Waals surface area contributed by atoms with Crippen LogP contribution in [0.1, 0.15) is 17.1 Å². The minimum absolute atomic E-state index is 0.158. The Morgan fingerprint density at radius 1 is 1.25 bits per heavy atom. The molecule has 0 unspecified atom stereocenters. The molecular weight excluding hydrogens is 276 g/mol. The zero-order valence-corrected chi connectivity index (χ0v) is 12.1. The molecule has 0 aliphatic rings. The highest BCUT2D eigenvalue weighted by molar-refractivity contribution is 7.89. The predicted octanol–water partition coefficient (Wildman–Crippen LogP) is 1.57. The normalized spacial score (nSPS) is 11.7. The van der Waals surface area contributed by atoms with Crippen LogP contribution in [-0.2, 0) is 23.0 Å². The van der Waals surface area contributed by atoms with Crippen molar-refractivity contribution in [1.29, 1.82) is 0 Å². The summed E-state index contributed by atoms with van der Waals surface area (Å²) in [5.74, 6) is 0.823. The first-order valence-corrected chi connectivity index (χ1v) is 7.84. The summed E-state index contributed by atoms with van der Waals surface area (Å²) in [4.78, 5) is 0.158. The van der Waals surface area contributed by atoms with Gasteiger partial charge >= 0.3 is 0 Å². The first kappa shape index (κ1) is 14.8. The molecule has 108 valence electrons. The number of nitrogens with two attached hydrogens (primary N) is 1. The van der Waals surface area contributed by atoms with Crippen LogP contribution in [0.2, 0.25) is 0 Å². The summed E-state index contributed by atoms with van der Waals surface area (Å²) in [5, 5.41) is 0. The highest BCUT2D eigenvalue weighted by Crippen LogP contribution is 2.19. The summed E-state index contributed by atoms with van der Waals surface area (Å²) < 4.78 is 32.2. The second kappa shape index (κ2) is 6.21. The largest absolute Gasteiger partial charge is 0.464 e. The Hall–Kier alpha value is -1.63. The topological polar surface area (TPSA) is 85.3 Å². The van der Waals surface area contributed by atoms with E-state index in [-0.39, 0.29) is 11.4 Å². The maximum absolute atomic E-state index is 12.2. The summed E-state index contributed by atoms with van der Waals surface area (Å²) in [5.41, 5.74) is 6.53. The van der Waals surface area contributed by atoms with Gasteiger partial charge in [0.15, 0.2) is 0 Å². The van der Waals surface area contributed by atoms with E-state index < -0.39 is 10.0 Å². The highest BCUT2D eigenvalue weighted by Gasteiger charge is 2.20. The van der Waals surface area contributed by atoms with Crippen LogP contribution < -0.4 is 10.5 Å². The summed E-state index contributed by atoms with van der Waals surface area (Å²) >= 11 is 0. The lowest BCUT2D eigenvalue weighted by Gasteiger charge is -2.05. The van der Waals surface area contributed by atoms with Crippen LogP contribution in [0.3, 0.4) is 0 Å². The van der Waals surface area contributed by atoms with Crippen molar-refractivity contribution in [2.24, 2.45) is 5.73 Å². The summed E-state index contributed by atoms with van der Waals surface area (Å²) in [6.07, 6.45) is 0.640. The van der Waals surface area contributed by atoms with E-state index in [1.54, 1.807) is 6.92 Å². The number of aryl methyl sites for hydroxylation is 1. The number of nitrogens with one attached hydrogen (secondary N) is 1. The van der Waals surface area contributed by atoms with Crippen molar-refractivity contribution in [2.75, 3.05) is 6.54 Å². The van der Waals surface area contributed by atoms with Crippen LogP contribution in [0.5, 0.6) is 0 Å². The molecule has 0 spiro atoms. The van der Waals surface area contributed by atoms with Crippen molar-refractivity contribution in [1.82, 2.24) is 4.72 Å². The fourth-order valence-electron chi connectivity index (χ4n) is 1.94.